The van der Waals surface area contributed by atoms with Gasteiger partial charge in [-0.3, -0.25) is 19.4 Å². The first-order valence-corrected chi connectivity index (χ1v) is 10.0. The first-order chi connectivity index (χ1) is 14.2. The van der Waals surface area contributed by atoms with Gasteiger partial charge in [0.1, 0.15) is 12.3 Å². The highest BCUT2D eigenvalue weighted by Crippen LogP contribution is 2.30. The molecule has 2 aromatic carbocycles. The molecule has 29 heavy (non-hydrogen) atoms. The van der Waals surface area contributed by atoms with Gasteiger partial charge in [0.25, 0.3) is 0 Å². The van der Waals surface area contributed by atoms with E-state index in [-0.39, 0.29) is 18.4 Å². The maximum atomic E-state index is 12.9. The normalized spacial score (nSPS) is 16.9. The summed E-state index contributed by atoms with van der Waals surface area (Å²) in [6, 6.07) is 15.5. The molecule has 2 heterocycles. The van der Waals surface area contributed by atoms with E-state index in [2.05, 4.69) is 21.2 Å². The van der Waals surface area contributed by atoms with Crippen molar-refractivity contribution < 1.29 is 14.3 Å². The molecule has 0 saturated carbocycles. The summed E-state index contributed by atoms with van der Waals surface area (Å²) in [6.07, 6.45) is 0. The van der Waals surface area contributed by atoms with E-state index in [0.717, 1.165) is 43.3 Å². The van der Waals surface area contributed by atoms with Crippen molar-refractivity contribution in [1.29, 1.82) is 0 Å². The molecule has 4 rings (SSSR count). The maximum absolute atomic E-state index is 12.9. The van der Waals surface area contributed by atoms with Crippen LogP contribution < -0.4 is 19.9 Å². The Morgan fingerprint density at radius 2 is 1.69 bits per heavy atom. The van der Waals surface area contributed by atoms with Gasteiger partial charge in [-0.05, 0) is 31.2 Å². The summed E-state index contributed by atoms with van der Waals surface area (Å²) in [7, 11) is 0. The molecule has 1 N–H and O–H groups in total. The van der Waals surface area contributed by atoms with Crippen molar-refractivity contribution in [3.8, 4) is 5.75 Å². The van der Waals surface area contributed by atoms with Crippen LogP contribution in [0.4, 0.5) is 17.1 Å². The summed E-state index contributed by atoms with van der Waals surface area (Å²) < 4.78 is 5.75. The summed E-state index contributed by atoms with van der Waals surface area (Å²) in [4.78, 5) is 31.0. The highest BCUT2D eigenvalue weighted by Gasteiger charge is 2.29. The minimum Gasteiger partial charge on any atom is -0.492 e. The second kappa shape index (κ2) is 8.53. The zero-order valence-electron chi connectivity index (χ0n) is 16.6. The van der Waals surface area contributed by atoms with Crippen LogP contribution in [0, 0.1) is 0 Å². The average molecular weight is 394 g/mol. The number of benzene rings is 2. The van der Waals surface area contributed by atoms with Crippen molar-refractivity contribution in [2.75, 3.05) is 61.0 Å². The maximum Gasteiger partial charge on any atom is 0.244 e. The molecule has 2 amide bonds. The highest BCUT2D eigenvalue weighted by molar-refractivity contribution is 6.10. The smallest absolute Gasteiger partial charge is 0.244 e. The molecule has 152 valence electrons. The molecule has 0 aliphatic carbocycles. The predicted octanol–water partition coefficient (Wildman–Crippen LogP) is 2.19. The van der Waals surface area contributed by atoms with E-state index in [1.165, 1.54) is 0 Å². The molecule has 2 aromatic rings. The summed E-state index contributed by atoms with van der Waals surface area (Å²) in [5, 5.41) is 2.82. The van der Waals surface area contributed by atoms with Crippen LogP contribution in [0.1, 0.15) is 6.92 Å². The van der Waals surface area contributed by atoms with E-state index in [1.807, 2.05) is 49.4 Å². The molecule has 0 spiro atoms. The number of ether oxygens (including phenoxy) is 1. The van der Waals surface area contributed by atoms with Crippen molar-refractivity contribution in [2.24, 2.45) is 0 Å². The van der Waals surface area contributed by atoms with E-state index in [4.69, 9.17) is 4.74 Å². The molecule has 2 aliphatic rings. The van der Waals surface area contributed by atoms with Gasteiger partial charge < -0.3 is 15.0 Å². The third-order valence-corrected chi connectivity index (χ3v) is 5.31. The van der Waals surface area contributed by atoms with Crippen molar-refractivity contribution >= 4 is 28.9 Å². The van der Waals surface area contributed by atoms with Crippen molar-refractivity contribution in [3.63, 3.8) is 0 Å². The van der Waals surface area contributed by atoms with Crippen LogP contribution in [0.15, 0.2) is 48.5 Å². The van der Waals surface area contributed by atoms with Crippen LogP contribution >= 0.6 is 0 Å². The molecule has 1 saturated heterocycles. The quantitative estimate of drug-likeness (QED) is 0.842. The van der Waals surface area contributed by atoms with Crippen molar-refractivity contribution in [3.05, 3.63) is 48.5 Å². The van der Waals surface area contributed by atoms with Crippen molar-refractivity contribution in [2.45, 2.75) is 6.92 Å². The molecule has 0 radical (unpaired) electrons. The zero-order valence-corrected chi connectivity index (χ0v) is 16.6. The average Bonchev–Trinajstić information content (AvgIpc) is 2.74. The largest absolute Gasteiger partial charge is 0.492 e. The number of hydrogen-bond donors (Lipinski definition) is 1. The van der Waals surface area contributed by atoms with E-state index in [0.29, 0.717) is 18.8 Å². The molecule has 0 aromatic heterocycles. The van der Waals surface area contributed by atoms with Gasteiger partial charge in [0.2, 0.25) is 11.8 Å². The first-order valence-electron chi connectivity index (χ1n) is 10.0. The van der Waals surface area contributed by atoms with E-state index in [9.17, 15) is 9.59 Å². The number of nitrogens with one attached hydrogen (secondary N) is 1. The van der Waals surface area contributed by atoms with Gasteiger partial charge in [0.15, 0.2) is 0 Å². The molecular formula is C22H26N4O3. The Balaban J connectivity index is 1.38. The van der Waals surface area contributed by atoms with Crippen molar-refractivity contribution in [1.82, 2.24) is 4.90 Å². The molecule has 7 nitrogen and oxygen atoms in total. The van der Waals surface area contributed by atoms with Gasteiger partial charge in [-0.25, -0.2) is 0 Å². The Morgan fingerprint density at radius 1 is 1.00 bits per heavy atom. The highest BCUT2D eigenvalue weighted by atomic mass is 16.5. The topological polar surface area (TPSA) is 65.1 Å². The number of carbonyl (C=O) groups is 2. The van der Waals surface area contributed by atoms with Crippen LogP contribution in [0.25, 0.3) is 0 Å². The molecule has 0 atom stereocenters. The Hall–Kier alpha value is -3.06. The number of anilines is 3. The lowest BCUT2D eigenvalue weighted by molar-refractivity contribution is -0.122. The fourth-order valence-electron chi connectivity index (χ4n) is 3.88. The molecule has 2 aliphatic heterocycles. The Morgan fingerprint density at radius 3 is 2.45 bits per heavy atom. The summed E-state index contributed by atoms with van der Waals surface area (Å²) in [6.45, 7) is 6.22. The fraction of sp³-hybridized carbons (Fsp3) is 0.364. The Kier molecular flexibility index (Phi) is 5.67. The van der Waals surface area contributed by atoms with Gasteiger partial charge in [0, 0.05) is 26.2 Å². The second-order valence-corrected chi connectivity index (χ2v) is 7.21. The predicted molar refractivity (Wildman–Crippen MR) is 114 cm³/mol. The van der Waals surface area contributed by atoms with E-state index >= 15 is 0 Å². The molecule has 0 unspecified atom stereocenters. The van der Waals surface area contributed by atoms with Crippen LogP contribution in [-0.2, 0) is 9.59 Å². The first kappa shape index (κ1) is 19.3. The van der Waals surface area contributed by atoms with Gasteiger partial charge in [0.05, 0.1) is 30.2 Å². The summed E-state index contributed by atoms with van der Waals surface area (Å²) >= 11 is 0. The van der Waals surface area contributed by atoms with Gasteiger partial charge >= 0.3 is 0 Å². The second-order valence-electron chi connectivity index (χ2n) is 7.21. The van der Waals surface area contributed by atoms with Crippen LogP contribution in [0.2, 0.25) is 0 Å². The van der Waals surface area contributed by atoms with E-state index in [1.54, 1.807) is 4.90 Å². The number of hydrogen-bond acceptors (Lipinski definition) is 5. The standard InChI is InChI=1S/C22H26N4O3/c1-2-29-20-10-6-5-9-19(20)25-13-11-24(12-14-25)16-22(28)26-15-21(27)23-17-7-3-4-8-18(17)26/h3-10H,2,11-16H2,1H3,(H,23,27). The lowest BCUT2D eigenvalue weighted by atomic mass is 10.2. The lowest BCUT2D eigenvalue weighted by Crippen LogP contribution is -2.52. The molecule has 0 bridgehead atoms. The number of piperazine rings is 1. The third kappa shape index (κ3) is 4.19. The van der Waals surface area contributed by atoms with Gasteiger partial charge in [-0.15, -0.1) is 0 Å². The summed E-state index contributed by atoms with van der Waals surface area (Å²) in [5.41, 5.74) is 2.55. The minimum absolute atomic E-state index is 0.0459. The number of nitrogens with zero attached hydrogens (tertiary/aromatic N) is 3. The van der Waals surface area contributed by atoms with Gasteiger partial charge in [-0.2, -0.15) is 0 Å². The summed E-state index contributed by atoms with van der Waals surface area (Å²) in [5.74, 6) is 0.695. The number of rotatable bonds is 5. The number of para-hydroxylation sites is 4. The zero-order chi connectivity index (χ0) is 20.2. The Labute approximate surface area is 170 Å². The fourth-order valence-corrected chi connectivity index (χ4v) is 3.88. The van der Waals surface area contributed by atoms with Crippen LogP contribution in [0.3, 0.4) is 0 Å². The molecule has 1 fully saturated rings. The monoisotopic (exact) mass is 394 g/mol. The molecular weight excluding hydrogens is 368 g/mol. The number of fused-ring (bicyclic) bond motifs is 1. The third-order valence-electron chi connectivity index (χ3n) is 5.31. The SMILES string of the molecule is CCOc1ccccc1N1CCN(CC(=O)N2CC(=O)Nc3ccccc32)CC1. The number of amides is 2. The van der Waals surface area contributed by atoms with Crippen LogP contribution in [0.5, 0.6) is 5.75 Å². The van der Waals surface area contributed by atoms with Gasteiger partial charge in [-0.1, -0.05) is 24.3 Å². The minimum atomic E-state index is -0.158. The van der Waals surface area contributed by atoms with Crippen LogP contribution in [-0.4, -0.2) is 62.6 Å². The molecule has 7 heteroatoms. The van der Waals surface area contributed by atoms with E-state index < -0.39 is 0 Å². The number of carbonyl (C=O) groups excluding carboxylic acids is 2. The Bertz CT molecular complexity index is 893. The lowest BCUT2D eigenvalue weighted by Gasteiger charge is -2.37.